The number of fused-ring (bicyclic) bond motifs is 1. The highest BCUT2D eigenvalue weighted by atomic mass is 32.1. The Balaban J connectivity index is 1.61. The second kappa shape index (κ2) is 5.58. The van der Waals surface area contributed by atoms with Crippen molar-refractivity contribution in [2.75, 3.05) is 0 Å². The summed E-state index contributed by atoms with van der Waals surface area (Å²) in [4.78, 5) is 23.1. The fourth-order valence-electron chi connectivity index (χ4n) is 2.73. The monoisotopic (exact) mass is 336 g/mol. The fourth-order valence-corrected chi connectivity index (χ4v) is 2.94. The lowest BCUT2D eigenvalue weighted by Crippen LogP contribution is -2.21. The minimum Gasteiger partial charge on any atom is -0.457 e. The first-order valence-electron chi connectivity index (χ1n) is 7.35. The Morgan fingerprint density at radius 1 is 1.00 bits per heavy atom. The van der Waals surface area contributed by atoms with Crippen LogP contribution < -0.4 is 10.6 Å². The van der Waals surface area contributed by atoms with Crippen LogP contribution in [-0.4, -0.2) is 17.0 Å². The molecule has 0 saturated carbocycles. The number of carbonyl (C=O) groups excluding carboxylic acids is 2. The molecule has 0 atom stereocenters. The van der Waals surface area contributed by atoms with E-state index >= 15 is 0 Å². The Morgan fingerprint density at radius 2 is 1.75 bits per heavy atom. The van der Waals surface area contributed by atoms with Crippen molar-refractivity contribution in [1.82, 2.24) is 10.6 Å². The Hall–Kier alpha value is -2.99. The van der Waals surface area contributed by atoms with Crippen molar-refractivity contribution in [2.45, 2.75) is 6.61 Å². The lowest BCUT2D eigenvalue weighted by Gasteiger charge is -2.04. The van der Waals surface area contributed by atoms with E-state index in [9.17, 15) is 9.59 Å². The molecule has 0 radical (unpaired) electrons. The second-order valence-corrected chi connectivity index (χ2v) is 5.94. The Bertz CT molecular complexity index is 916. The van der Waals surface area contributed by atoms with Crippen LogP contribution in [0.1, 0.15) is 21.5 Å². The summed E-state index contributed by atoms with van der Waals surface area (Å²) >= 11 is 4.90. The molecule has 6 heteroatoms. The summed E-state index contributed by atoms with van der Waals surface area (Å²) in [6.45, 7) is 0.326. The molecule has 0 spiro atoms. The summed E-state index contributed by atoms with van der Waals surface area (Å²) in [6.07, 6.45) is 1.74. The van der Waals surface area contributed by atoms with Crippen molar-refractivity contribution < 1.29 is 14.3 Å². The van der Waals surface area contributed by atoms with Crippen LogP contribution in [0.5, 0.6) is 0 Å². The summed E-state index contributed by atoms with van der Waals surface area (Å²) in [7, 11) is 0. The van der Waals surface area contributed by atoms with Gasteiger partial charge in [0.1, 0.15) is 12.3 Å². The van der Waals surface area contributed by atoms with Gasteiger partial charge in [-0.2, -0.15) is 0 Å². The van der Waals surface area contributed by atoms with Gasteiger partial charge in [-0.15, -0.1) is 0 Å². The van der Waals surface area contributed by atoms with Gasteiger partial charge in [-0.05, 0) is 47.1 Å². The molecular weight excluding hydrogens is 324 g/mol. The number of esters is 1. The number of cyclic esters (lactones) is 1. The molecule has 0 aliphatic carbocycles. The lowest BCUT2D eigenvalue weighted by molar-refractivity contribution is -0.115. The predicted molar refractivity (Wildman–Crippen MR) is 92.9 cm³/mol. The zero-order valence-corrected chi connectivity index (χ0v) is 13.3. The standard InChI is InChI=1S/C18H12N2O3S/c21-16-15(19-18(24)20-16)7-10-1-3-11(4-2-10)12-5-6-14-13(8-12)9-23-17(14)22/h1-8H,9H2,(H2,19,20,21,24)/b15-7-. The van der Waals surface area contributed by atoms with Crippen molar-refractivity contribution in [3.05, 3.63) is 64.9 Å². The number of amides is 1. The quantitative estimate of drug-likeness (QED) is 0.501. The highest BCUT2D eigenvalue weighted by Crippen LogP contribution is 2.27. The van der Waals surface area contributed by atoms with Gasteiger partial charge in [0, 0.05) is 5.56 Å². The molecule has 118 valence electrons. The molecule has 0 aromatic heterocycles. The molecule has 2 aromatic rings. The summed E-state index contributed by atoms with van der Waals surface area (Å²) in [5.74, 6) is -0.494. The van der Waals surface area contributed by atoms with E-state index in [1.807, 2.05) is 36.4 Å². The van der Waals surface area contributed by atoms with Crippen molar-refractivity contribution in [2.24, 2.45) is 0 Å². The van der Waals surface area contributed by atoms with Crippen molar-refractivity contribution in [3.63, 3.8) is 0 Å². The first kappa shape index (κ1) is 14.6. The van der Waals surface area contributed by atoms with E-state index in [0.29, 0.717) is 23.0 Å². The van der Waals surface area contributed by atoms with Crippen LogP contribution in [0.3, 0.4) is 0 Å². The molecule has 1 amide bonds. The SMILES string of the molecule is O=C1NC(=S)N/C1=C\c1ccc(-c2ccc3c(c2)COC3=O)cc1. The van der Waals surface area contributed by atoms with Crippen LogP contribution in [0, 0.1) is 0 Å². The van der Waals surface area contributed by atoms with Crippen LogP contribution in [0.15, 0.2) is 48.2 Å². The first-order valence-corrected chi connectivity index (χ1v) is 7.75. The maximum absolute atomic E-state index is 11.6. The Kier molecular flexibility index (Phi) is 3.39. The number of benzene rings is 2. The summed E-state index contributed by atoms with van der Waals surface area (Å²) < 4.78 is 5.02. The molecule has 2 aliphatic heterocycles. The average Bonchev–Trinajstić information content (AvgIpc) is 3.10. The molecule has 0 bridgehead atoms. The first-order chi connectivity index (χ1) is 11.6. The third-order valence-corrected chi connectivity index (χ3v) is 4.16. The Morgan fingerprint density at radius 3 is 2.46 bits per heavy atom. The number of hydrogen-bond donors (Lipinski definition) is 2. The van der Waals surface area contributed by atoms with E-state index in [2.05, 4.69) is 10.6 Å². The predicted octanol–water partition coefficient (Wildman–Crippen LogP) is 2.37. The van der Waals surface area contributed by atoms with E-state index < -0.39 is 0 Å². The van der Waals surface area contributed by atoms with Gasteiger partial charge in [0.15, 0.2) is 5.11 Å². The molecule has 1 saturated heterocycles. The largest absolute Gasteiger partial charge is 0.457 e. The highest BCUT2D eigenvalue weighted by molar-refractivity contribution is 7.80. The third kappa shape index (κ3) is 2.57. The summed E-state index contributed by atoms with van der Waals surface area (Å²) in [5, 5.41) is 5.66. The molecule has 2 aromatic carbocycles. The molecule has 2 heterocycles. The summed E-state index contributed by atoms with van der Waals surface area (Å²) in [5.41, 5.74) is 4.91. The van der Waals surface area contributed by atoms with Gasteiger partial charge in [0.05, 0.1) is 5.56 Å². The second-order valence-electron chi connectivity index (χ2n) is 5.54. The van der Waals surface area contributed by atoms with Gasteiger partial charge in [-0.3, -0.25) is 10.1 Å². The average molecular weight is 336 g/mol. The number of rotatable bonds is 2. The van der Waals surface area contributed by atoms with Gasteiger partial charge < -0.3 is 10.1 Å². The van der Waals surface area contributed by atoms with Crippen molar-refractivity contribution in [1.29, 1.82) is 0 Å². The number of hydrogen-bond acceptors (Lipinski definition) is 4. The molecule has 0 unspecified atom stereocenters. The number of ether oxygens (including phenoxy) is 1. The van der Waals surface area contributed by atoms with Gasteiger partial charge in [-0.1, -0.05) is 30.3 Å². The molecule has 4 rings (SSSR count). The normalized spacial score (nSPS) is 17.5. The lowest BCUT2D eigenvalue weighted by atomic mass is 9.99. The van der Waals surface area contributed by atoms with Crippen LogP contribution in [0.4, 0.5) is 0 Å². The maximum atomic E-state index is 11.6. The fraction of sp³-hybridized carbons (Fsp3) is 0.0556. The van der Waals surface area contributed by atoms with E-state index in [1.165, 1.54) is 0 Å². The van der Waals surface area contributed by atoms with E-state index in [-0.39, 0.29) is 11.9 Å². The van der Waals surface area contributed by atoms with Crippen molar-refractivity contribution in [3.8, 4) is 11.1 Å². The Labute approximate surface area is 143 Å². The van der Waals surface area contributed by atoms with Crippen molar-refractivity contribution >= 4 is 35.3 Å². The van der Waals surface area contributed by atoms with Crippen LogP contribution >= 0.6 is 12.2 Å². The van der Waals surface area contributed by atoms with Crippen LogP contribution in [0.2, 0.25) is 0 Å². The number of carbonyl (C=O) groups is 2. The molecule has 2 N–H and O–H groups in total. The van der Waals surface area contributed by atoms with Gasteiger partial charge >= 0.3 is 5.97 Å². The minimum absolute atomic E-state index is 0.229. The molecular formula is C18H12N2O3S. The topological polar surface area (TPSA) is 67.4 Å². The maximum Gasteiger partial charge on any atom is 0.338 e. The zero-order chi connectivity index (χ0) is 16.7. The smallest absolute Gasteiger partial charge is 0.338 e. The van der Waals surface area contributed by atoms with Crippen LogP contribution in [-0.2, 0) is 16.1 Å². The zero-order valence-electron chi connectivity index (χ0n) is 12.5. The van der Waals surface area contributed by atoms with Gasteiger partial charge in [0.25, 0.3) is 5.91 Å². The summed E-state index contributed by atoms with van der Waals surface area (Å²) in [6, 6.07) is 13.5. The van der Waals surface area contributed by atoms with Gasteiger partial charge in [-0.25, -0.2) is 4.79 Å². The number of nitrogens with one attached hydrogen (secondary N) is 2. The van der Waals surface area contributed by atoms with E-state index in [0.717, 1.165) is 22.3 Å². The number of thiocarbonyl (C=S) groups is 1. The minimum atomic E-state index is -0.265. The van der Waals surface area contributed by atoms with Crippen LogP contribution in [0.25, 0.3) is 17.2 Å². The van der Waals surface area contributed by atoms with E-state index in [4.69, 9.17) is 17.0 Å². The third-order valence-electron chi connectivity index (χ3n) is 3.96. The van der Waals surface area contributed by atoms with E-state index in [1.54, 1.807) is 12.1 Å². The molecule has 24 heavy (non-hydrogen) atoms. The molecule has 5 nitrogen and oxygen atoms in total. The molecule has 1 fully saturated rings. The molecule has 2 aliphatic rings. The highest BCUT2D eigenvalue weighted by Gasteiger charge is 2.21. The van der Waals surface area contributed by atoms with Gasteiger partial charge in [0.2, 0.25) is 0 Å².